The Morgan fingerprint density at radius 2 is 1.83 bits per heavy atom. The van der Waals surface area contributed by atoms with E-state index in [0.717, 1.165) is 6.07 Å². The SMILES string of the molecule is Cc1cc([N+](=O)[O-])cc(S(=O)(=O)NC2CCC(C(=O)O)CC2)c1C. The van der Waals surface area contributed by atoms with Crippen molar-refractivity contribution in [3.8, 4) is 0 Å². The van der Waals surface area contributed by atoms with E-state index < -0.39 is 26.8 Å². The first kappa shape index (κ1) is 18.3. The smallest absolute Gasteiger partial charge is 0.306 e. The van der Waals surface area contributed by atoms with Gasteiger partial charge in [0.1, 0.15) is 0 Å². The fourth-order valence-corrected chi connectivity index (χ4v) is 4.58. The minimum atomic E-state index is -3.91. The van der Waals surface area contributed by atoms with Crippen molar-refractivity contribution in [2.75, 3.05) is 0 Å². The molecule has 1 fully saturated rings. The van der Waals surface area contributed by atoms with Crippen LogP contribution in [0.4, 0.5) is 5.69 Å². The first-order valence-electron chi connectivity index (χ1n) is 7.62. The van der Waals surface area contributed by atoms with E-state index in [1.807, 2.05) is 0 Å². The van der Waals surface area contributed by atoms with Gasteiger partial charge in [0.25, 0.3) is 5.69 Å². The second-order valence-corrected chi connectivity index (χ2v) is 7.83. The minimum Gasteiger partial charge on any atom is -0.481 e. The van der Waals surface area contributed by atoms with Crippen molar-refractivity contribution in [3.05, 3.63) is 33.4 Å². The second kappa shape index (κ2) is 6.86. The number of nitrogens with zero attached hydrogens (tertiary/aromatic N) is 1. The number of carboxylic acids is 1. The first-order chi connectivity index (χ1) is 11.1. The van der Waals surface area contributed by atoms with E-state index in [4.69, 9.17) is 5.11 Å². The molecule has 1 aromatic rings. The molecule has 2 N–H and O–H groups in total. The largest absolute Gasteiger partial charge is 0.481 e. The summed E-state index contributed by atoms with van der Waals surface area (Å²) < 4.78 is 27.8. The van der Waals surface area contributed by atoms with Crippen molar-refractivity contribution in [2.24, 2.45) is 5.92 Å². The van der Waals surface area contributed by atoms with Gasteiger partial charge in [0.05, 0.1) is 15.7 Å². The average molecular weight is 356 g/mol. The third kappa shape index (κ3) is 3.90. The Labute approximate surface area is 140 Å². The number of rotatable bonds is 5. The number of hydrogen-bond donors (Lipinski definition) is 2. The minimum absolute atomic E-state index is 0.102. The molecule has 0 saturated heterocycles. The van der Waals surface area contributed by atoms with Crippen LogP contribution < -0.4 is 4.72 Å². The van der Waals surface area contributed by atoms with E-state index in [0.29, 0.717) is 36.8 Å². The topological polar surface area (TPSA) is 127 Å². The molecule has 24 heavy (non-hydrogen) atoms. The number of carbonyl (C=O) groups is 1. The molecule has 0 unspecified atom stereocenters. The maximum Gasteiger partial charge on any atom is 0.306 e. The highest BCUT2D eigenvalue weighted by molar-refractivity contribution is 7.89. The van der Waals surface area contributed by atoms with Crippen LogP contribution in [-0.4, -0.2) is 30.5 Å². The van der Waals surface area contributed by atoms with Crippen LogP contribution in [-0.2, 0) is 14.8 Å². The fraction of sp³-hybridized carbons (Fsp3) is 0.533. The number of hydrogen-bond acceptors (Lipinski definition) is 5. The molecule has 1 aliphatic carbocycles. The van der Waals surface area contributed by atoms with Gasteiger partial charge in [0, 0.05) is 18.2 Å². The molecule has 9 heteroatoms. The third-order valence-electron chi connectivity index (χ3n) is 4.50. The first-order valence-corrected chi connectivity index (χ1v) is 9.11. The number of non-ortho nitro benzene ring substituents is 1. The lowest BCUT2D eigenvalue weighted by Crippen LogP contribution is -2.39. The molecule has 132 valence electrons. The molecular formula is C15H20N2O6S. The number of nitro benzene ring substituents is 1. The molecule has 1 aliphatic rings. The van der Waals surface area contributed by atoms with Crippen LogP contribution >= 0.6 is 0 Å². The van der Waals surface area contributed by atoms with Crippen molar-refractivity contribution < 1.29 is 23.2 Å². The van der Waals surface area contributed by atoms with Gasteiger partial charge < -0.3 is 5.11 Å². The molecule has 0 radical (unpaired) electrons. The van der Waals surface area contributed by atoms with Crippen LogP contribution in [0, 0.1) is 29.9 Å². The second-order valence-electron chi connectivity index (χ2n) is 6.15. The van der Waals surface area contributed by atoms with Crippen molar-refractivity contribution >= 4 is 21.7 Å². The summed E-state index contributed by atoms with van der Waals surface area (Å²) in [5.74, 6) is -1.30. The summed E-state index contributed by atoms with van der Waals surface area (Å²) in [7, 11) is -3.91. The highest BCUT2D eigenvalue weighted by atomic mass is 32.2. The maximum atomic E-state index is 12.6. The number of benzene rings is 1. The molecule has 1 saturated carbocycles. The van der Waals surface area contributed by atoms with Gasteiger partial charge >= 0.3 is 5.97 Å². The Hall–Kier alpha value is -2.00. The van der Waals surface area contributed by atoms with E-state index in [2.05, 4.69) is 4.72 Å². The number of nitro groups is 1. The number of nitrogens with one attached hydrogen (secondary N) is 1. The van der Waals surface area contributed by atoms with Crippen molar-refractivity contribution in [1.29, 1.82) is 0 Å². The molecule has 0 aliphatic heterocycles. The molecule has 0 atom stereocenters. The zero-order chi connectivity index (χ0) is 18.1. The fourth-order valence-electron chi connectivity index (χ4n) is 2.93. The summed E-state index contributed by atoms with van der Waals surface area (Å²) in [5.41, 5.74) is 0.722. The van der Waals surface area contributed by atoms with Crippen LogP contribution in [0.15, 0.2) is 17.0 Å². The summed E-state index contributed by atoms with van der Waals surface area (Å²) in [4.78, 5) is 21.2. The molecule has 0 heterocycles. The van der Waals surface area contributed by atoms with Crippen molar-refractivity contribution in [1.82, 2.24) is 4.72 Å². The van der Waals surface area contributed by atoms with Crippen LogP contribution in [0.2, 0.25) is 0 Å². The Morgan fingerprint density at radius 3 is 2.33 bits per heavy atom. The maximum absolute atomic E-state index is 12.6. The lowest BCUT2D eigenvalue weighted by Gasteiger charge is -2.26. The van der Waals surface area contributed by atoms with Gasteiger partial charge in [-0.05, 0) is 50.7 Å². The van der Waals surface area contributed by atoms with E-state index >= 15 is 0 Å². The summed E-state index contributed by atoms with van der Waals surface area (Å²) in [6.45, 7) is 3.23. The van der Waals surface area contributed by atoms with Crippen LogP contribution in [0.5, 0.6) is 0 Å². The molecule has 8 nitrogen and oxygen atoms in total. The summed E-state index contributed by atoms with van der Waals surface area (Å²) >= 11 is 0. The zero-order valence-corrected chi connectivity index (χ0v) is 14.3. The Morgan fingerprint density at radius 1 is 1.25 bits per heavy atom. The molecule has 0 aromatic heterocycles. The standard InChI is InChI=1S/C15H20N2O6S/c1-9-7-13(17(20)21)8-14(10(9)2)24(22,23)16-12-5-3-11(4-6-12)15(18)19/h7-8,11-12,16H,3-6H2,1-2H3,(H,18,19). The summed E-state index contributed by atoms with van der Waals surface area (Å²) in [5, 5.41) is 20.0. The molecular weight excluding hydrogens is 336 g/mol. The Bertz CT molecular complexity index is 766. The number of carboxylic acid groups (broad SMARTS) is 1. The average Bonchev–Trinajstić information content (AvgIpc) is 2.49. The van der Waals surface area contributed by atoms with E-state index in [-0.39, 0.29) is 16.6 Å². The zero-order valence-electron chi connectivity index (χ0n) is 13.5. The highest BCUT2D eigenvalue weighted by Gasteiger charge is 2.30. The Kier molecular flexibility index (Phi) is 5.24. The van der Waals surface area contributed by atoms with E-state index in [1.54, 1.807) is 13.8 Å². The normalized spacial score (nSPS) is 21.4. The molecule has 0 bridgehead atoms. The highest BCUT2D eigenvalue weighted by Crippen LogP contribution is 2.28. The molecule has 0 spiro atoms. The van der Waals surface area contributed by atoms with Crippen molar-refractivity contribution in [2.45, 2.75) is 50.5 Å². The van der Waals surface area contributed by atoms with Crippen molar-refractivity contribution in [3.63, 3.8) is 0 Å². The van der Waals surface area contributed by atoms with Gasteiger partial charge in [-0.15, -0.1) is 0 Å². The van der Waals surface area contributed by atoms with Gasteiger partial charge in [-0.25, -0.2) is 13.1 Å². The molecule has 0 amide bonds. The number of aliphatic carboxylic acids is 1. The molecule has 2 rings (SSSR count). The van der Waals surface area contributed by atoms with Crippen LogP contribution in [0.3, 0.4) is 0 Å². The van der Waals surface area contributed by atoms with Crippen LogP contribution in [0.1, 0.15) is 36.8 Å². The predicted molar refractivity (Wildman–Crippen MR) is 86.3 cm³/mol. The quantitative estimate of drug-likeness (QED) is 0.614. The Balaban J connectivity index is 2.22. The summed E-state index contributed by atoms with van der Waals surface area (Å²) in [6, 6.07) is 2.05. The predicted octanol–water partition coefficient (Wildman–Crippen LogP) is 2.13. The van der Waals surface area contributed by atoms with Gasteiger partial charge in [0.2, 0.25) is 10.0 Å². The van der Waals surface area contributed by atoms with Gasteiger partial charge in [-0.3, -0.25) is 14.9 Å². The lowest BCUT2D eigenvalue weighted by molar-refractivity contribution is -0.385. The van der Waals surface area contributed by atoms with Gasteiger partial charge in [-0.1, -0.05) is 0 Å². The van der Waals surface area contributed by atoms with E-state index in [9.17, 15) is 23.3 Å². The molecule has 1 aromatic carbocycles. The van der Waals surface area contributed by atoms with Crippen LogP contribution in [0.25, 0.3) is 0 Å². The monoisotopic (exact) mass is 356 g/mol. The summed E-state index contributed by atoms with van der Waals surface area (Å²) in [6.07, 6.45) is 1.69. The number of aryl methyl sites for hydroxylation is 1. The van der Waals surface area contributed by atoms with E-state index in [1.165, 1.54) is 6.07 Å². The van der Waals surface area contributed by atoms with Gasteiger partial charge in [0.15, 0.2) is 0 Å². The number of sulfonamides is 1. The van der Waals surface area contributed by atoms with Gasteiger partial charge in [-0.2, -0.15) is 0 Å². The lowest BCUT2D eigenvalue weighted by atomic mass is 9.87. The third-order valence-corrected chi connectivity index (χ3v) is 6.15.